The summed E-state index contributed by atoms with van der Waals surface area (Å²) in [6.07, 6.45) is 5.01. The first-order valence-electron chi connectivity index (χ1n) is 6.58. The molecular formula is C13H21N3O. The van der Waals surface area contributed by atoms with Crippen LogP contribution in [0.15, 0.2) is 0 Å². The minimum Gasteiger partial charge on any atom is -0.368 e. The summed E-state index contributed by atoms with van der Waals surface area (Å²) >= 11 is 0. The van der Waals surface area contributed by atoms with Crippen LogP contribution in [0.25, 0.3) is 0 Å². The number of hydrogen-bond acceptors (Lipinski definition) is 3. The molecule has 1 saturated heterocycles. The predicted octanol–water partition coefficient (Wildman–Crippen LogP) is 1.26. The third-order valence-electron chi connectivity index (χ3n) is 4.29. The number of amides is 1. The van der Waals surface area contributed by atoms with E-state index in [0.717, 1.165) is 38.6 Å². The fraction of sp³-hybridized carbons (Fsp3) is 0.846. The maximum atomic E-state index is 11.4. The molecule has 0 aromatic heterocycles. The predicted molar refractivity (Wildman–Crippen MR) is 64.8 cm³/mol. The number of likely N-dealkylation sites (tertiary alicyclic amines) is 1. The molecule has 0 spiro atoms. The van der Waals surface area contributed by atoms with Gasteiger partial charge in [0.05, 0.1) is 18.0 Å². The lowest BCUT2D eigenvalue weighted by Crippen LogP contribution is -2.50. The molecule has 2 fully saturated rings. The van der Waals surface area contributed by atoms with Crippen molar-refractivity contribution in [2.24, 2.45) is 17.6 Å². The Hall–Kier alpha value is -1.08. The summed E-state index contributed by atoms with van der Waals surface area (Å²) in [5.74, 6) is 0.502. The third kappa shape index (κ3) is 2.44. The molecule has 4 heteroatoms. The van der Waals surface area contributed by atoms with Gasteiger partial charge >= 0.3 is 0 Å². The van der Waals surface area contributed by atoms with Gasteiger partial charge in [-0.1, -0.05) is 6.92 Å². The van der Waals surface area contributed by atoms with E-state index in [9.17, 15) is 10.1 Å². The first kappa shape index (κ1) is 12.4. The Labute approximate surface area is 103 Å². The second-order valence-electron chi connectivity index (χ2n) is 5.52. The maximum absolute atomic E-state index is 11.4. The van der Waals surface area contributed by atoms with E-state index in [1.807, 2.05) is 0 Å². The van der Waals surface area contributed by atoms with Crippen LogP contribution in [0.4, 0.5) is 0 Å². The number of hydrogen-bond donors (Lipinski definition) is 1. The maximum Gasteiger partial charge on any atom is 0.234 e. The van der Waals surface area contributed by atoms with Crippen molar-refractivity contribution >= 4 is 5.91 Å². The minimum atomic E-state index is -0.225. The molecule has 0 aromatic rings. The smallest absolute Gasteiger partial charge is 0.234 e. The minimum absolute atomic E-state index is 0.0751. The second kappa shape index (κ2) is 5.05. The van der Waals surface area contributed by atoms with E-state index in [4.69, 9.17) is 5.73 Å². The first-order chi connectivity index (χ1) is 8.13. The van der Waals surface area contributed by atoms with Crippen molar-refractivity contribution in [3.8, 4) is 6.07 Å². The van der Waals surface area contributed by atoms with E-state index in [1.54, 1.807) is 0 Å². The molecule has 0 aromatic carbocycles. The van der Waals surface area contributed by atoms with Gasteiger partial charge in [-0.15, -0.1) is 0 Å². The summed E-state index contributed by atoms with van der Waals surface area (Å²) in [5, 5.41) is 9.24. The average Bonchev–Trinajstić information content (AvgIpc) is 2.77. The number of rotatable bonds is 2. The molecule has 1 aliphatic heterocycles. The van der Waals surface area contributed by atoms with Crippen LogP contribution in [0.3, 0.4) is 0 Å². The fourth-order valence-electron chi connectivity index (χ4n) is 3.36. The lowest BCUT2D eigenvalue weighted by Gasteiger charge is -2.39. The number of carbonyl (C=O) groups is 1. The zero-order valence-corrected chi connectivity index (χ0v) is 10.4. The first-order valence-corrected chi connectivity index (χ1v) is 6.58. The highest BCUT2D eigenvalue weighted by Crippen LogP contribution is 2.35. The molecular weight excluding hydrogens is 214 g/mol. The molecule has 1 saturated carbocycles. The SMILES string of the molecule is CC1CCC(C#N)C(N2CCCC2C(N)=O)C1. The third-order valence-corrected chi connectivity index (χ3v) is 4.29. The van der Waals surface area contributed by atoms with Crippen LogP contribution >= 0.6 is 0 Å². The highest BCUT2D eigenvalue weighted by molar-refractivity contribution is 5.80. The number of nitrogens with two attached hydrogens (primary N) is 1. The normalized spacial score (nSPS) is 38.8. The molecule has 2 N–H and O–H groups in total. The Morgan fingerprint density at radius 1 is 1.41 bits per heavy atom. The quantitative estimate of drug-likeness (QED) is 0.783. The van der Waals surface area contributed by atoms with E-state index >= 15 is 0 Å². The van der Waals surface area contributed by atoms with Gasteiger partial charge in [-0.2, -0.15) is 5.26 Å². The average molecular weight is 235 g/mol. The van der Waals surface area contributed by atoms with E-state index in [0.29, 0.717) is 5.92 Å². The summed E-state index contributed by atoms with van der Waals surface area (Å²) in [7, 11) is 0. The summed E-state index contributed by atoms with van der Waals surface area (Å²) in [5.41, 5.74) is 5.45. The molecule has 4 atom stereocenters. The molecule has 1 heterocycles. The number of primary amides is 1. The molecule has 0 bridgehead atoms. The van der Waals surface area contributed by atoms with Gasteiger partial charge in [0.15, 0.2) is 0 Å². The van der Waals surface area contributed by atoms with Crippen LogP contribution < -0.4 is 5.73 Å². The summed E-state index contributed by atoms with van der Waals surface area (Å²) < 4.78 is 0. The van der Waals surface area contributed by atoms with Gasteiger partial charge in [0.1, 0.15) is 0 Å². The Balaban J connectivity index is 2.13. The topological polar surface area (TPSA) is 70.1 Å². The Bertz CT molecular complexity index is 336. The molecule has 17 heavy (non-hydrogen) atoms. The summed E-state index contributed by atoms with van der Waals surface area (Å²) in [6, 6.07) is 2.52. The van der Waals surface area contributed by atoms with Crippen molar-refractivity contribution < 1.29 is 4.79 Å². The second-order valence-corrected chi connectivity index (χ2v) is 5.52. The van der Waals surface area contributed by atoms with E-state index in [2.05, 4.69) is 17.9 Å². The van der Waals surface area contributed by atoms with E-state index < -0.39 is 0 Å². The number of carbonyl (C=O) groups excluding carboxylic acids is 1. The molecule has 4 nitrogen and oxygen atoms in total. The van der Waals surface area contributed by atoms with Crippen LogP contribution in [0.5, 0.6) is 0 Å². The van der Waals surface area contributed by atoms with Crippen molar-refractivity contribution in [2.75, 3.05) is 6.54 Å². The Morgan fingerprint density at radius 3 is 2.82 bits per heavy atom. The Kier molecular flexibility index (Phi) is 3.68. The van der Waals surface area contributed by atoms with Crippen LogP contribution in [0.2, 0.25) is 0 Å². The Morgan fingerprint density at radius 2 is 2.18 bits per heavy atom. The van der Waals surface area contributed by atoms with Gasteiger partial charge in [-0.3, -0.25) is 9.69 Å². The van der Waals surface area contributed by atoms with Crippen molar-refractivity contribution in [1.82, 2.24) is 4.90 Å². The van der Waals surface area contributed by atoms with E-state index in [-0.39, 0.29) is 23.9 Å². The van der Waals surface area contributed by atoms with Crippen molar-refractivity contribution in [3.05, 3.63) is 0 Å². The highest BCUT2D eigenvalue weighted by atomic mass is 16.1. The summed E-state index contributed by atoms with van der Waals surface area (Å²) in [4.78, 5) is 13.6. The van der Waals surface area contributed by atoms with Crippen molar-refractivity contribution in [2.45, 2.75) is 51.1 Å². The van der Waals surface area contributed by atoms with Crippen LogP contribution in [-0.2, 0) is 4.79 Å². The molecule has 1 aliphatic carbocycles. The zero-order valence-electron chi connectivity index (χ0n) is 10.4. The van der Waals surface area contributed by atoms with Gasteiger partial charge < -0.3 is 5.73 Å². The number of nitriles is 1. The fourth-order valence-corrected chi connectivity index (χ4v) is 3.36. The molecule has 2 rings (SSSR count). The van der Waals surface area contributed by atoms with Gasteiger partial charge in [0.25, 0.3) is 0 Å². The molecule has 2 aliphatic rings. The van der Waals surface area contributed by atoms with Crippen LogP contribution in [0.1, 0.15) is 39.0 Å². The monoisotopic (exact) mass is 235 g/mol. The lowest BCUT2D eigenvalue weighted by atomic mass is 9.78. The molecule has 0 radical (unpaired) electrons. The summed E-state index contributed by atoms with van der Waals surface area (Å²) in [6.45, 7) is 3.15. The standard InChI is InChI=1S/C13H21N3O/c1-9-4-5-10(8-14)12(7-9)16-6-2-3-11(16)13(15)17/h9-12H,2-7H2,1H3,(H2,15,17). The molecule has 1 amide bonds. The van der Waals surface area contributed by atoms with Crippen LogP contribution in [0, 0.1) is 23.2 Å². The number of nitrogens with zero attached hydrogens (tertiary/aromatic N) is 2. The van der Waals surface area contributed by atoms with Gasteiger partial charge in [-0.05, 0) is 44.6 Å². The van der Waals surface area contributed by atoms with Gasteiger partial charge in [-0.25, -0.2) is 0 Å². The zero-order chi connectivity index (χ0) is 12.4. The molecule has 4 unspecified atom stereocenters. The van der Waals surface area contributed by atoms with Gasteiger partial charge in [0, 0.05) is 6.04 Å². The van der Waals surface area contributed by atoms with Crippen molar-refractivity contribution in [3.63, 3.8) is 0 Å². The van der Waals surface area contributed by atoms with Crippen LogP contribution in [-0.4, -0.2) is 29.4 Å². The molecule has 94 valence electrons. The lowest BCUT2D eigenvalue weighted by molar-refractivity contribution is -0.123. The highest BCUT2D eigenvalue weighted by Gasteiger charge is 2.40. The van der Waals surface area contributed by atoms with E-state index in [1.165, 1.54) is 0 Å². The largest absolute Gasteiger partial charge is 0.368 e. The van der Waals surface area contributed by atoms with Crippen molar-refractivity contribution in [1.29, 1.82) is 5.26 Å². The van der Waals surface area contributed by atoms with Gasteiger partial charge in [0.2, 0.25) is 5.91 Å².